The number of morpholine rings is 1. The summed E-state index contributed by atoms with van der Waals surface area (Å²) in [5, 5.41) is 3.41. The molecule has 1 N–H and O–H groups in total. The van der Waals surface area contributed by atoms with Crippen LogP contribution in [0.5, 0.6) is 0 Å². The van der Waals surface area contributed by atoms with Gasteiger partial charge in [0.15, 0.2) is 0 Å². The molecule has 2 aliphatic heterocycles. The van der Waals surface area contributed by atoms with Gasteiger partial charge >= 0.3 is 6.09 Å². The smallest absolute Gasteiger partial charge is 0.409 e. The molecule has 0 radical (unpaired) electrons. The number of rotatable bonds is 6. The summed E-state index contributed by atoms with van der Waals surface area (Å²) < 4.78 is 10.5. The number of ether oxygens (including phenoxy) is 2. The van der Waals surface area contributed by atoms with Gasteiger partial charge in [-0.1, -0.05) is 0 Å². The summed E-state index contributed by atoms with van der Waals surface area (Å²) in [5.74, 6) is 2.49. The van der Waals surface area contributed by atoms with Crippen molar-refractivity contribution in [1.82, 2.24) is 19.8 Å². The number of nitrogens with one attached hydrogen (secondary N) is 1. The molecular weight excluding hydrogens is 348 g/mol. The Labute approximate surface area is 160 Å². The average Bonchev–Trinajstić information content (AvgIpc) is 2.69. The quantitative estimate of drug-likeness (QED) is 0.779. The lowest BCUT2D eigenvalue weighted by atomic mass is 10.3. The van der Waals surface area contributed by atoms with Crippen LogP contribution in [-0.4, -0.2) is 98.0 Å². The number of hydrogen-bond donors (Lipinski definition) is 1. The molecule has 27 heavy (non-hydrogen) atoms. The molecule has 1 aromatic rings. The zero-order valence-electron chi connectivity index (χ0n) is 16.3. The van der Waals surface area contributed by atoms with Gasteiger partial charge in [-0.15, -0.1) is 0 Å². The van der Waals surface area contributed by atoms with Gasteiger partial charge in [0.2, 0.25) is 0 Å². The van der Waals surface area contributed by atoms with Gasteiger partial charge in [-0.05, 0) is 13.8 Å². The van der Waals surface area contributed by atoms with Gasteiger partial charge in [-0.2, -0.15) is 0 Å². The van der Waals surface area contributed by atoms with Crippen LogP contribution in [0.4, 0.5) is 16.4 Å². The maximum Gasteiger partial charge on any atom is 0.409 e. The third kappa shape index (κ3) is 5.67. The molecular formula is C18H30N6O3. The molecule has 1 aromatic heterocycles. The van der Waals surface area contributed by atoms with Crippen molar-refractivity contribution in [1.29, 1.82) is 0 Å². The Kier molecular flexibility index (Phi) is 7.05. The fraction of sp³-hybridized carbons (Fsp3) is 0.722. The van der Waals surface area contributed by atoms with Crippen molar-refractivity contribution < 1.29 is 14.3 Å². The monoisotopic (exact) mass is 378 g/mol. The lowest BCUT2D eigenvalue weighted by Crippen LogP contribution is -2.49. The van der Waals surface area contributed by atoms with E-state index in [4.69, 9.17) is 9.47 Å². The maximum atomic E-state index is 11.8. The molecule has 0 aliphatic carbocycles. The molecule has 0 spiro atoms. The van der Waals surface area contributed by atoms with Gasteiger partial charge in [0.05, 0.1) is 19.8 Å². The summed E-state index contributed by atoms with van der Waals surface area (Å²) in [6.07, 6.45) is -0.235. The van der Waals surface area contributed by atoms with E-state index in [2.05, 4.69) is 25.1 Å². The second-order valence-electron chi connectivity index (χ2n) is 6.71. The number of aromatic nitrogens is 2. The summed E-state index contributed by atoms with van der Waals surface area (Å²) in [5.41, 5.74) is 0. The number of amides is 1. The molecule has 3 heterocycles. The summed E-state index contributed by atoms with van der Waals surface area (Å²) in [6, 6.07) is 1.99. The van der Waals surface area contributed by atoms with Gasteiger partial charge in [0.1, 0.15) is 17.5 Å². The Morgan fingerprint density at radius 1 is 1.19 bits per heavy atom. The van der Waals surface area contributed by atoms with Crippen LogP contribution in [0.1, 0.15) is 12.7 Å². The fourth-order valence-electron chi connectivity index (χ4n) is 3.30. The zero-order chi connectivity index (χ0) is 19.1. The lowest BCUT2D eigenvalue weighted by molar-refractivity contribution is 0.0398. The Morgan fingerprint density at radius 3 is 2.63 bits per heavy atom. The number of hydrogen-bond acceptors (Lipinski definition) is 8. The molecule has 3 rings (SSSR count). The zero-order valence-corrected chi connectivity index (χ0v) is 16.3. The van der Waals surface area contributed by atoms with E-state index in [1.54, 1.807) is 4.90 Å². The normalized spacial score (nSPS) is 18.4. The molecule has 0 bridgehead atoms. The van der Waals surface area contributed by atoms with Gasteiger partial charge < -0.3 is 24.6 Å². The van der Waals surface area contributed by atoms with Crippen LogP contribution in [0, 0.1) is 6.92 Å². The van der Waals surface area contributed by atoms with Crippen LogP contribution in [0.2, 0.25) is 0 Å². The number of carbonyl (C=O) groups is 1. The molecule has 0 saturated carbocycles. The number of nitrogens with zero attached hydrogens (tertiary/aromatic N) is 5. The summed E-state index contributed by atoms with van der Waals surface area (Å²) >= 11 is 0. The van der Waals surface area contributed by atoms with Crippen molar-refractivity contribution in [2.24, 2.45) is 0 Å². The van der Waals surface area contributed by atoms with Crippen LogP contribution in [0.15, 0.2) is 6.07 Å². The van der Waals surface area contributed by atoms with E-state index in [-0.39, 0.29) is 6.09 Å². The molecule has 0 atom stereocenters. The summed E-state index contributed by atoms with van der Waals surface area (Å²) in [4.78, 5) is 27.2. The minimum absolute atomic E-state index is 0.235. The van der Waals surface area contributed by atoms with Crippen molar-refractivity contribution in [3.63, 3.8) is 0 Å². The van der Waals surface area contributed by atoms with E-state index in [1.165, 1.54) is 0 Å². The van der Waals surface area contributed by atoms with E-state index < -0.39 is 0 Å². The van der Waals surface area contributed by atoms with E-state index in [0.717, 1.165) is 69.9 Å². The Balaban J connectivity index is 1.51. The average molecular weight is 378 g/mol. The highest BCUT2D eigenvalue weighted by molar-refractivity contribution is 5.68. The first kappa shape index (κ1) is 19.6. The van der Waals surface area contributed by atoms with Gasteiger partial charge in [-0.25, -0.2) is 14.8 Å². The Morgan fingerprint density at radius 2 is 1.93 bits per heavy atom. The summed E-state index contributed by atoms with van der Waals surface area (Å²) in [7, 11) is 0. The maximum absolute atomic E-state index is 11.8. The highest BCUT2D eigenvalue weighted by atomic mass is 16.6. The van der Waals surface area contributed by atoms with Crippen LogP contribution in [0.25, 0.3) is 0 Å². The molecule has 2 aliphatic rings. The number of anilines is 2. The third-order valence-corrected chi connectivity index (χ3v) is 4.79. The second-order valence-corrected chi connectivity index (χ2v) is 6.71. The fourth-order valence-corrected chi connectivity index (χ4v) is 3.30. The first-order valence-corrected chi connectivity index (χ1v) is 9.72. The molecule has 0 aromatic carbocycles. The third-order valence-electron chi connectivity index (χ3n) is 4.79. The highest BCUT2D eigenvalue weighted by Crippen LogP contribution is 2.18. The number of aryl methyl sites for hydroxylation is 1. The van der Waals surface area contributed by atoms with E-state index in [0.29, 0.717) is 19.7 Å². The molecule has 0 unspecified atom stereocenters. The first-order valence-electron chi connectivity index (χ1n) is 9.72. The Bertz CT molecular complexity index is 615. The number of piperazine rings is 1. The number of carbonyl (C=O) groups excluding carboxylic acids is 1. The molecule has 150 valence electrons. The van der Waals surface area contributed by atoms with Gasteiger partial charge in [-0.3, -0.25) is 4.90 Å². The second kappa shape index (κ2) is 9.70. The van der Waals surface area contributed by atoms with Gasteiger partial charge in [0, 0.05) is 58.4 Å². The van der Waals surface area contributed by atoms with Gasteiger partial charge in [0.25, 0.3) is 0 Å². The first-order chi connectivity index (χ1) is 13.2. The largest absolute Gasteiger partial charge is 0.450 e. The van der Waals surface area contributed by atoms with Crippen LogP contribution < -0.4 is 10.2 Å². The van der Waals surface area contributed by atoms with Crippen molar-refractivity contribution in [2.75, 3.05) is 82.4 Å². The highest BCUT2D eigenvalue weighted by Gasteiger charge is 2.23. The van der Waals surface area contributed by atoms with Crippen molar-refractivity contribution >= 4 is 17.7 Å². The minimum Gasteiger partial charge on any atom is -0.450 e. The molecule has 9 heteroatoms. The predicted octanol–water partition coefficient (Wildman–Crippen LogP) is 0.808. The lowest BCUT2D eigenvalue weighted by Gasteiger charge is -2.34. The Hall–Kier alpha value is -2.13. The molecule has 2 saturated heterocycles. The van der Waals surface area contributed by atoms with Crippen LogP contribution in [0.3, 0.4) is 0 Å². The van der Waals surface area contributed by atoms with Crippen molar-refractivity contribution in [2.45, 2.75) is 13.8 Å². The molecule has 1 amide bonds. The molecule has 2 fully saturated rings. The van der Waals surface area contributed by atoms with Crippen LogP contribution in [-0.2, 0) is 9.47 Å². The summed E-state index contributed by atoms with van der Waals surface area (Å²) in [6.45, 7) is 12.3. The predicted molar refractivity (Wildman–Crippen MR) is 103 cm³/mol. The van der Waals surface area contributed by atoms with E-state index in [9.17, 15) is 4.79 Å². The molecule has 9 nitrogen and oxygen atoms in total. The minimum atomic E-state index is -0.235. The topological polar surface area (TPSA) is 83.1 Å². The van der Waals surface area contributed by atoms with Crippen molar-refractivity contribution in [3.8, 4) is 0 Å². The standard InChI is InChI=1S/C18H30N6O3/c1-3-27-18(25)24-8-6-23(7-9-24)17-14-16(20-15(2)21-17)19-4-5-22-10-12-26-13-11-22/h14H,3-13H2,1-2H3,(H,19,20,21). The van der Waals surface area contributed by atoms with Crippen LogP contribution >= 0.6 is 0 Å². The van der Waals surface area contributed by atoms with E-state index in [1.807, 2.05) is 19.9 Å². The van der Waals surface area contributed by atoms with E-state index >= 15 is 0 Å². The van der Waals surface area contributed by atoms with Crippen molar-refractivity contribution in [3.05, 3.63) is 11.9 Å². The SMILES string of the molecule is CCOC(=O)N1CCN(c2cc(NCCN3CCOCC3)nc(C)n2)CC1.